The van der Waals surface area contributed by atoms with Gasteiger partial charge >= 0.3 is 0 Å². The van der Waals surface area contributed by atoms with Crippen LogP contribution in [0.4, 0.5) is 5.69 Å². The van der Waals surface area contributed by atoms with Gasteiger partial charge in [-0.05, 0) is 72.9 Å². The maximum absolute atomic E-state index is 12.6. The monoisotopic (exact) mass is 395 g/mol. The molecule has 0 aliphatic heterocycles. The molecule has 0 saturated heterocycles. The Kier molecular flexibility index (Phi) is 5.00. The van der Waals surface area contributed by atoms with Crippen LogP contribution in [0.2, 0.25) is 0 Å². The van der Waals surface area contributed by atoms with Crippen molar-refractivity contribution in [1.82, 2.24) is 9.78 Å². The quantitative estimate of drug-likeness (QED) is 0.695. The molecule has 1 aliphatic rings. The van der Waals surface area contributed by atoms with E-state index in [0.29, 0.717) is 10.6 Å². The Morgan fingerprint density at radius 3 is 2.61 bits per heavy atom. The van der Waals surface area contributed by atoms with E-state index in [1.54, 1.807) is 35.1 Å². The van der Waals surface area contributed by atoms with Crippen molar-refractivity contribution in [1.29, 1.82) is 0 Å². The molecule has 0 atom stereocenters. The third kappa shape index (κ3) is 3.99. The number of nitrogens with one attached hydrogen (secondary N) is 1. The van der Waals surface area contributed by atoms with Crippen molar-refractivity contribution in [2.24, 2.45) is 0 Å². The van der Waals surface area contributed by atoms with Gasteiger partial charge < -0.3 is 5.32 Å². The molecule has 1 N–H and O–H groups in total. The van der Waals surface area contributed by atoms with Crippen molar-refractivity contribution < 1.29 is 13.2 Å². The molecule has 3 aromatic rings. The lowest BCUT2D eigenvalue weighted by molar-refractivity contribution is -0.115. The van der Waals surface area contributed by atoms with Crippen molar-refractivity contribution in [3.8, 4) is 5.69 Å². The Morgan fingerprint density at radius 1 is 1.07 bits per heavy atom. The van der Waals surface area contributed by atoms with Crippen LogP contribution in [0.1, 0.15) is 24.0 Å². The molecule has 0 spiro atoms. The molecule has 0 saturated carbocycles. The second-order valence-electron chi connectivity index (χ2n) is 6.90. The standard InChI is InChI=1S/C21H21N3O3S/c25-21(23-18-6-8-19(9-7-18)24-13-2-12-22-24)11-14-28(26,27)20-10-5-16-3-1-4-17(16)15-20/h2,5-10,12-13,15H,1,3-4,11,14H2,(H,23,25). The van der Waals surface area contributed by atoms with Gasteiger partial charge in [0.1, 0.15) is 0 Å². The molecule has 0 unspecified atom stereocenters. The van der Waals surface area contributed by atoms with Crippen LogP contribution in [0.3, 0.4) is 0 Å². The molecule has 4 rings (SSSR count). The minimum atomic E-state index is -3.48. The molecule has 7 heteroatoms. The van der Waals surface area contributed by atoms with Crippen LogP contribution in [0.15, 0.2) is 65.8 Å². The smallest absolute Gasteiger partial charge is 0.225 e. The number of aryl methyl sites for hydroxylation is 2. The summed E-state index contributed by atoms with van der Waals surface area (Å²) in [4.78, 5) is 12.5. The number of carbonyl (C=O) groups is 1. The molecule has 1 aromatic heterocycles. The lowest BCUT2D eigenvalue weighted by Crippen LogP contribution is -2.17. The first-order valence-electron chi connectivity index (χ1n) is 9.26. The van der Waals surface area contributed by atoms with Crippen LogP contribution in [-0.4, -0.2) is 29.9 Å². The van der Waals surface area contributed by atoms with Crippen LogP contribution in [0.25, 0.3) is 5.69 Å². The third-order valence-corrected chi connectivity index (χ3v) is 6.66. The molecular weight excluding hydrogens is 374 g/mol. The van der Waals surface area contributed by atoms with E-state index in [-0.39, 0.29) is 18.1 Å². The summed E-state index contributed by atoms with van der Waals surface area (Å²) in [6.07, 6.45) is 6.44. The van der Waals surface area contributed by atoms with Crippen molar-refractivity contribution in [3.05, 3.63) is 72.1 Å². The third-order valence-electron chi connectivity index (χ3n) is 4.95. The summed E-state index contributed by atoms with van der Waals surface area (Å²) in [6.45, 7) is 0. The van der Waals surface area contributed by atoms with Gasteiger partial charge in [0.15, 0.2) is 9.84 Å². The SMILES string of the molecule is O=C(CCS(=O)(=O)c1ccc2c(c1)CCC2)Nc1ccc(-n2cccn2)cc1. The summed E-state index contributed by atoms with van der Waals surface area (Å²) < 4.78 is 26.9. The molecule has 0 radical (unpaired) electrons. The van der Waals surface area contributed by atoms with Crippen LogP contribution >= 0.6 is 0 Å². The number of aromatic nitrogens is 2. The first kappa shape index (κ1) is 18.4. The largest absolute Gasteiger partial charge is 0.326 e. The number of amides is 1. The Labute approximate surface area is 164 Å². The second kappa shape index (κ2) is 7.59. The van der Waals surface area contributed by atoms with Gasteiger partial charge in [0, 0.05) is 24.5 Å². The van der Waals surface area contributed by atoms with E-state index in [0.717, 1.165) is 30.5 Å². The van der Waals surface area contributed by atoms with E-state index in [1.165, 1.54) is 5.56 Å². The Balaban J connectivity index is 1.36. The molecular formula is C21H21N3O3S. The number of carbonyl (C=O) groups excluding carboxylic acids is 1. The van der Waals surface area contributed by atoms with Crippen molar-refractivity contribution >= 4 is 21.4 Å². The first-order valence-corrected chi connectivity index (χ1v) is 10.9. The Hall–Kier alpha value is -2.93. The molecule has 1 heterocycles. The summed E-state index contributed by atoms with van der Waals surface area (Å²) in [5.74, 6) is -0.528. The van der Waals surface area contributed by atoms with E-state index in [4.69, 9.17) is 0 Å². The molecule has 0 fully saturated rings. The topological polar surface area (TPSA) is 81.1 Å². The first-order chi connectivity index (χ1) is 13.5. The highest BCUT2D eigenvalue weighted by Crippen LogP contribution is 2.25. The highest BCUT2D eigenvalue weighted by Gasteiger charge is 2.20. The molecule has 2 aromatic carbocycles. The van der Waals surface area contributed by atoms with Gasteiger partial charge in [0.05, 0.1) is 16.3 Å². The van der Waals surface area contributed by atoms with Crippen LogP contribution < -0.4 is 5.32 Å². The Bertz CT molecular complexity index is 1090. The maximum atomic E-state index is 12.6. The van der Waals surface area contributed by atoms with Gasteiger partial charge in [-0.25, -0.2) is 13.1 Å². The Morgan fingerprint density at radius 2 is 1.86 bits per heavy atom. The van der Waals surface area contributed by atoms with Crippen LogP contribution in [0.5, 0.6) is 0 Å². The second-order valence-corrected chi connectivity index (χ2v) is 9.01. The van der Waals surface area contributed by atoms with E-state index >= 15 is 0 Å². The molecule has 144 valence electrons. The fourth-order valence-corrected chi connectivity index (χ4v) is 4.72. The van der Waals surface area contributed by atoms with Crippen molar-refractivity contribution in [2.45, 2.75) is 30.6 Å². The minimum absolute atomic E-state index is 0.0830. The van der Waals surface area contributed by atoms with Crippen molar-refractivity contribution in [2.75, 3.05) is 11.1 Å². The predicted octanol–water partition coefficient (Wildman–Crippen LogP) is 3.16. The lowest BCUT2D eigenvalue weighted by atomic mass is 10.1. The average Bonchev–Trinajstić information content (AvgIpc) is 3.38. The van der Waals surface area contributed by atoms with Crippen molar-refractivity contribution in [3.63, 3.8) is 0 Å². The molecule has 1 amide bonds. The summed E-state index contributed by atoms with van der Waals surface area (Å²) in [7, 11) is -3.48. The van der Waals surface area contributed by atoms with Gasteiger partial charge in [0.2, 0.25) is 5.91 Å². The predicted molar refractivity (Wildman–Crippen MR) is 107 cm³/mol. The number of fused-ring (bicyclic) bond motifs is 1. The molecule has 6 nitrogen and oxygen atoms in total. The number of hydrogen-bond acceptors (Lipinski definition) is 4. The molecule has 28 heavy (non-hydrogen) atoms. The summed E-state index contributed by atoms with van der Waals surface area (Å²) in [5.41, 5.74) is 3.84. The van der Waals surface area contributed by atoms with Gasteiger partial charge in [-0.15, -0.1) is 0 Å². The highest BCUT2D eigenvalue weighted by molar-refractivity contribution is 7.91. The van der Waals surface area contributed by atoms with Gasteiger partial charge in [0.25, 0.3) is 0 Å². The van der Waals surface area contributed by atoms with E-state index < -0.39 is 9.84 Å². The van der Waals surface area contributed by atoms with E-state index in [1.807, 2.05) is 30.5 Å². The maximum Gasteiger partial charge on any atom is 0.225 e. The fourth-order valence-electron chi connectivity index (χ4n) is 3.43. The lowest BCUT2D eigenvalue weighted by Gasteiger charge is -2.09. The number of benzene rings is 2. The van der Waals surface area contributed by atoms with E-state index in [2.05, 4.69) is 10.4 Å². The summed E-state index contributed by atoms with van der Waals surface area (Å²) in [5, 5.41) is 6.89. The zero-order chi connectivity index (χ0) is 19.6. The number of anilines is 1. The number of hydrogen-bond donors (Lipinski definition) is 1. The van der Waals surface area contributed by atoms with Gasteiger partial charge in [-0.1, -0.05) is 6.07 Å². The van der Waals surface area contributed by atoms with Crippen LogP contribution in [-0.2, 0) is 27.5 Å². The molecule has 1 aliphatic carbocycles. The van der Waals surface area contributed by atoms with Crippen LogP contribution in [0, 0.1) is 0 Å². The number of rotatable bonds is 6. The van der Waals surface area contributed by atoms with E-state index in [9.17, 15) is 13.2 Å². The normalized spacial score (nSPS) is 13.3. The summed E-state index contributed by atoms with van der Waals surface area (Å²) in [6, 6.07) is 14.4. The van der Waals surface area contributed by atoms with Gasteiger partial charge in [-0.3, -0.25) is 4.79 Å². The van der Waals surface area contributed by atoms with Gasteiger partial charge in [-0.2, -0.15) is 5.10 Å². The number of nitrogens with zero attached hydrogens (tertiary/aromatic N) is 2. The zero-order valence-corrected chi connectivity index (χ0v) is 16.2. The summed E-state index contributed by atoms with van der Waals surface area (Å²) >= 11 is 0. The average molecular weight is 395 g/mol. The number of sulfone groups is 1. The molecule has 0 bridgehead atoms. The highest BCUT2D eigenvalue weighted by atomic mass is 32.2. The minimum Gasteiger partial charge on any atom is -0.326 e. The fraction of sp³-hybridized carbons (Fsp3) is 0.238. The zero-order valence-electron chi connectivity index (χ0n) is 15.3.